The van der Waals surface area contributed by atoms with Crippen LogP contribution in [-0.4, -0.2) is 106 Å². The third-order valence-electron chi connectivity index (χ3n) is 7.76. The fourth-order valence-electron chi connectivity index (χ4n) is 4.83. The summed E-state index contributed by atoms with van der Waals surface area (Å²) in [4.78, 5) is 56.6. The minimum absolute atomic E-state index is 0.129. The predicted molar refractivity (Wildman–Crippen MR) is 188 cm³/mol. The number of benzene rings is 2. The molecule has 14 heteroatoms. The lowest BCUT2D eigenvalue weighted by Crippen LogP contribution is -2.32. The number of anilines is 1. The van der Waals surface area contributed by atoms with Crippen LogP contribution >= 0.6 is 11.6 Å². The number of ketones is 1. The normalized spacial score (nSPS) is 11.9. The first-order valence-corrected chi connectivity index (χ1v) is 16.7. The minimum Gasteiger partial charge on any atom is -0.495 e. The molecule has 0 aliphatic rings. The van der Waals surface area contributed by atoms with E-state index in [1.807, 2.05) is 0 Å². The van der Waals surface area contributed by atoms with E-state index < -0.39 is 17.7 Å². The number of carbonyl (C=O) groups is 4. The Hall–Kier alpha value is -4.07. The maximum absolute atomic E-state index is 13.2. The van der Waals surface area contributed by atoms with Crippen molar-refractivity contribution in [2.75, 3.05) is 71.9 Å². The number of nitrogens with zero attached hydrogens (tertiary/aromatic N) is 4. The number of halogens is 1. The van der Waals surface area contributed by atoms with Crippen LogP contribution in [0.15, 0.2) is 40.6 Å². The SMILES string of the molecule is CCN(CC)CCCNC(=O)c1cc(N=NC(C(C)=O)C(=O)Nc2cc(OC)c(Cl)cc2OC)cc(C(=O)NCCCN(CC)CC)c1. The van der Waals surface area contributed by atoms with Crippen LogP contribution in [0.4, 0.5) is 11.4 Å². The lowest BCUT2D eigenvalue weighted by atomic mass is 10.1. The van der Waals surface area contributed by atoms with E-state index in [0.717, 1.165) is 52.1 Å². The molecule has 13 nitrogen and oxygen atoms in total. The second kappa shape index (κ2) is 21.0. The number of hydrogen-bond acceptors (Lipinski definition) is 10. The molecule has 1 atom stereocenters. The predicted octanol–water partition coefficient (Wildman–Crippen LogP) is 4.96. The number of azo groups is 1. The van der Waals surface area contributed by atoms with Gasteiger partial charge in [0.1, 0.15) is 11.5 Å². The number of amides is 3. The summed E-state index contributed by atoms with van der Waals surface area (Å²) >= 11 is 6.17. The van der Waals surface area contributed by atoms with Gasteiger partial charge in [-0.25, -0.2) is 0 Å². The molecule has 3 N–H and O–H groups in total. The smallest absolute Gasteiger partial charge is 0.258 e. The topological polar surface area (TPSA) is 154 Å². The number of carbonyl (C=O) groups excluding carboxylic acids is 4. The Morgan fingerprint density at radius 1 is 0.771 bits per heavy atom. The zero-order valence-corrected chi connectivity index (χ0v) is 29.9. The van der Waals surface area contributed by atoms with E-state index in [4.69, 9.17) is 21.1 Å². The lowest BCUT2D eigenvalue weighted by Gasteiger charge is -2.18. The van der Waals surface area contributed by atoms with Gasteiger partial charge < -0.3 is 35.2 Å². The summed E-state index contributed by atoms with van der Waals surface area (Å²) in [5.41, 5.74) is 0.738. The van der Waals surface area contributed by atoms with Gasteiger partial charge in [-0.05, 0) is 77.2 Å². The largest absolute Gasteiger partial charge is 0.495 e. The van der Waals surface area contributed by atoms with E-state index in [1.165, 1.54) is 51.5 Å². The van der Waals surface area contributed by atoms with Crippen LogP contribution in [0, 0.1) is 0 Å². The van der Waals surface area contributed by atoms with Crippen LogP contribution in [0.2, 0.25) is 5.02 Å². The summed E-state index contributed by atoms with van der Waals surface area (Å²) in [5.74, 6) is -1.59. The van der Waals surface area contributed by atoms with Gasteiger partial charge in [-0.2, -0.15) is 10.2 Å². The van der Waals surface area contributed by atoms with Crippen molar-refractivity contribution in [2.24, 2.45) is 10.2 Å². The van der Waals surface area contributed by atoms with Gasteiger partial charge in [-0.15, -0.1) is 0 Å². The summed E-state index contributed by atoms with van der Waals surface area (Å²) in [6.45, 7) is 15.8. The van der Waals surface area contributed by atoms with E-state index in [9.17, 15) is 19.2 Å². The molecule has 0 aliphatic carbocycles. The molecule has 1 unspecified atom stereocenters. The maximum Gasteiger partial charge on any atom is 0.258 e. The first-order valence-electron chi connectivity index (χ1n) is 16.3. The zero-order valence-electron chi connectivity index (χ0n) is 29.2. The first kappa shape index (κ1) is 40.1. The average molecular weight is 688 g/mol. The van der Waals surface area contributed by atoms with E-state index >= 15 is 0 Å². The molecule has 3 amide bonds. The van der Waals surface area contributed by atoms with Gasteiger partial charge in [0.15, 0.2) is 5.78 Å². The molecule has 0 heterocycles. The summed E-state index contributed by atoms with van der Waals surface area (Å²) in [7, 11) is 2.83. The van der Waals surface area contributed by atoms with Crippen molar-refractivity contribution in [3.8, 4) is 11.5 Å². The van der Waals surface area contributed by atoms with Crippen molar-refractivity contribution in [1.82, 2.24) is 20.4 Å². The fourth-order valence-corrected chi connectivity index (χ4v) is 5.06. The van der Waals surface area contributed by atoms with E-state index in [2.05, 4.69) is 63.7 Å². The summed E-state index contributed by atoms with van der Waals surface area (Å²) < 4.78 is 10.5. The average Bonchev–Trinajstić information content (AvgIpc) is 3.08. The molecule has 0 saturated carbocycles. The summed E-state index contributed by atoms with van der Waals surface area (Å²) in [5, 5.41) is 16.9. The van der Waals surface area contributed by atoms with Gasteiger partial charge in [-0.3, -0.25) is 19.2 Å². The molecular weight excluding hydrogens is 638 g/mol. The highest BCUT2D eigenvalue weighted by Crippen LogP contribution is 2.36. The second-order valence-electron chi connectivity index (χ2n) is 10.9. The Balaban J connectivity index is 2.32. The van der Waals surface area contributed by atoms with Crippen LogP contribution in [0.3, 0.4) is 0 Å². The number of hydrogen-bond donors (Lipinski definition) is 3. The van der Waals surface area contributed by atoms with Crippen molar-refractivity contribution >= 4 is 46.5 Å². The molecule has 2 aromatic carbocycles. The van der Waals surface area contributed by atoms with E-state index in [0.29, 0.717) is 13.1 Å². The Bertz CT molecular complexity index is 1360. The van der Waals surface area contributed by atoms with E-state index in [1.54, 1.807) is 0 Å². The highest BCUT2D eigenvalue weighted by molar-refractivity contribution is 6.32. The molecular formula is C34H50ClN7O6. The highest BCUT2D eigenvalue weighted by atomic mass is 35.5. The van der Waals surface area contributed by atoms with Gasteiger partial charge in [0.05, 0.1) is 30.6 Å². The van der Waals surface area contributed by atoms with Crippen molar-refractivity contribution in [3.05, 3.63) is 46.5 Å². The summed E-state index contributed by atoms with van der Waals surface area (Å²) in [6, 6.07) is 5.81. The van der Waals surface area contributed by atoms with Crippen LogP contribution in [0.5, 0.6) is 11.5 Å². The number of methoxy groups -OCH3 is 2. The molecule has 0 fully saturated rings. The van der Waals surface area contributed by atoms with Gasteiger partial charge in [0.25, 0.3) is 17.7 Å². The van der Waals surface area contributed by atoms with Crippen LogP contribution in [-0.2, 0) is 9.59 Å². The molecule has 48 heavy (non-hydrogen) atoms. The number of ether oxygens (including phenoxy) is 2. The van der Waals surface area contributed by atoms with Gasteiger partial charge >= 0.3 is 0 Å². The standard InChI is InChI=1S/C34H50ClN7O6/c1-8-41(9-2)16-12-14-36-32(44)24-18-25(33(45)37-15-13-17-42(10-3)11-4)20-26(19-24)39-40-31(23(5)43)34(46)38-28-22-29(47-6)27(35)21-30(28)48-7/h18-22,31H,8-17H2,1-7H3,(H,36,44)(H,37,45)(H,38,46). The number of rotatable bonds is 21. The van der Waals surface area contributed by atoms with Crippen molar-refractivity contribution in [2.45, 2.75) is 53.5 Å². The quantitative estimate of drug-likeness (QED) is 0.0946. The Morgan fingerprint density at radius 2 is 1.27 bits per heavy atom. The number of nitrogens with one attached hydrogen (secondary N) is 3. The minimum atomic E-state index is -1.54. The maximum atomic E-state index is 13.2. The molecule has 2 aromatic rings. The van der Waals surface area contributed by atoms with Gasteiger partial charge in [0, 0.05) is 36.3 Å². The molecule has 0 aromatic heterocycles. The zero-order chi connectivity index (χ0) is 35.6. The molecule has 0 bridgehead atoms. The molecule has 2 rings (SSSR count). The second-order valence-corrected chi connectivity index (χ2v) is 11.4. The molecule has 0 saturated heterocycles. The van der Waals surface area contributed by atoms with E-state index in [-0.39, 0.29) is 50.8 Å². The van der Waals surface area contributed by atoms with Crippen LogP contribution in [0.1, 0.15) is 68.2 Å². The van der Waals surface area contributed by atoms with Crippen molar-refractivity contribution in [1.29, 1.82) is 0 Å². The Labute approximate surface area is 288 Å². The third kappa shape index (κ3) is 12.5. The molecule has 0 spiro atoms. The van der Waals surface area contributed by atoms with Gasteiger partial charge in [0.2, 0.25) is 6.04 Å². The summed E-state index contributed by atoms with van der Waals surface area (Å²) in [6.07, 6.45) is 1.51. The monoisotopic (exact) mass is 687 g/mol. The van der Waals surface area contributed by atoms with Crippen molar-refractivity contribution < 1.29 is 28.7 Å². The molecule has 0 aliphatic heterocycles. The fraction of sp³-hybridized carbons (Fsp3) is 0.529. The third-order valence-corrected chi connectivity index (χ3v) is 8.05. The number of Topliss-reactive ketones (excluding diaryl/α,β-unsaturated/α-hetero) is 1. The lowest BCUT2D eigenvalue weighted by molar-refractivity contribution is -0.126. The molecule has 264 valence electrons. The Morgan fingerprint density at radius 3 is 1.71 bits per heavy atom. The van der Waals surface area contributed by atoms with Crippen LogP contribution in [0.25, 0.3) is 0 Å². The van der Waals surface area contributed by atoms with Gasteiger partial charge in [-0.1, -0.05) is 39.3 Å². The highest BCUT2D eigenvalue weighted by Gasteiger charge is 2.25. The Kier molecular flexibility index (Phi) is 17.6. The first-order chi connectivity index (χ1) is 23.0. The van der Waals surface area contributed by atoms with Crippen LogP contribution < -0.4 is 25.4 Å². The molecule has 0 radical (unpaired) electrons. The van der Waals surface area contributed by atoms with Crippen molar-refractivity contribution in [3.63, 3.8) is 0 Å².